The minimum atomic E-state index is -0.0357. The van der Waals surface area contributed by atoms with E-state index in [0.29, 0.717) is 18.5 Å². The molecule has 0 aliphatic carbocycles. The van der Waals surface area contributed by atoms with Gasteiger partial charge in [0.1, 0.15) is 5.76 Å². The van der Waals surface area contributed by atoms with Gasteiger partial charge in [-0.3, -0.25) is 9.89 Å². The number of rotatable bonds is 7. The van der Waals surface area contributed by atoms with E-state index < -0.39 is 0 Å². The Labute approximate surface area is 210 Å². The third-order valence-corrected chi connectivity index (χ3v) is 5.72. The number of piperazine rings is 1. The van der Waals surface area contributed by atoms with Crippen molar-refractivity contribution in [1.82, 2.24) is 25.4 Å². The summed E-state index contributed by atoms with van der Waals surface area (Å²) >= 11 is 0. The van der Waals surface area contributed by atoms with Gasteiger partial charge < -0.3 is 20.0 Å². The average molecular weight is 555 g/mol. The minimum absolute atomic E-state index is 0. The quantitative estimate of drug-likeness (QED) is 0.236. The lowest BCUT2D eigenvalue weighted by atomic mass is 9.94. The van der Waals surface area contributed by atoms with E-state index in [4.69, 9.17) is 4.42 Å². The smallest absolute Gasteiger partial charge is 0.213 e. The van der Waals surface area contributed by atoms with Gasteiger partial charge in [0.15, 0.2) is 5.96 Å². The summed E-state index contributed by atoms with van der Waals surface area (Å²) in [5.74, 6) is 2.34. The van der Waals surface area contributed by atoms with Crippen LogP contribution >= 0.6 is 24.0 Å². The topological polar surface area (TPSA) is 68.9 Å². The van der Waals surface area contributed by atoms with E-state index in [1.807, 2.05) is 6.20 Å². The second kappa shape index (κ2) is 12.6. The molecule has 2 aromatic rings. The minimum Gasteiger partial charge on any atom is -0.443 e. The SMILES string of the molecule is CN=C(NCCCN1CCN(C)CC1c1ccccc1)NCc1ncc(C(C)(C)C)o1.I. The van der Waals surface area contributed by atoms with E-state index in [1.54, 1.807) is 7.05 Å². The molecule has 0 bridgehead atoms. The maximum absolute atomic E-state index is 5.84. The van der Waals surface area contributed by atoms with Crippen molar-refractivity contribution in [1.29, 1.82) is 0 Å². The Kier molecular flexibility index (Phi) is 10.4. The van der Waals surface area contributed by atoms with Crippen molar-refractivity contribution < 1.29 is 4.42 Å². The zero-order valence-corrected chi connectivity index (χ0v) is 22.4. The number of likely N-dealkylation sites (N-methyl/N-ethyl adjacent to an activating group) is 1. The molecule has 3 rings (SSSR count). The molecule has 2 heterocycles. The third kappa shape index (κ3) is 7.74. The fourth-order valence-corrected chi connectivity index (χ4v) is 3.82. The Bertz CT molecular complexity index is 833. The standard InChI is InChI=1S/C24H38N6O.HI/c1-24(2,3)21-16-27-22(31-21)17-28-23(25-4)26-12-9-13-30-15-14-29(5)18-20(30)19-10-7-6-8-11-19;/h6-8,10-11,16,20H,9,12-15,17-18H2,1-5H3,(H2,25,26,28);1H. The maximum atomic E-state index is 5.84. The predicted molar refractivity (Wildman–Crippen MR) is 142 cm³/mol. The molecule has 7 nitrogen and oxygen atoms in total. The highest BCUT2D eigenvalue weighted by Crippen LogP contribution is 2.25. The van der Waals surface area contributed by atoms with Crippen LogP contribution < -0.4 is 10.6 Å². The van der Waals surface area contributed by atoms with Crippen LogP contribution in [0.25, 0.3) is 0 Å². The second-order valence-corrected chi connectivity index (χ2v) is 9.30. The first-order chi connectivity index (χ1) is 14.9. The zero-order chi connectivity index (χ0) is 22.3. The van der Waals surface area contributed by atoms with Gasteiger partial charge in [0.05, 0.1) is 12.7 Å². The normalized spacial score (nSPS) is 18.3. The summed E-state index contributed by atoms with van der Waals surface area (Å²) < 4.78 is 5.84. The summed E-state index contributed by atoms with van der Waals surface area (Å²) in [6, 6.07) is 11.3. The van der Waals surface area contributed by atoms with Crippen molar-refractivity contribution in [2.75, 3.05) is 46.8 Å². The molecular formula is C24H39IN6O. The largest absolute Gasteiger partial charge is 0.443 e. The number of hydrogen-bond donors (Lipinski definition) is 2. The van der Waals surface area contributed by atoms with E-state index in [0.717, 1.165) is 50.9 Å². The summed E-state index contributed by atoms with van der Waals surface area (Å²) in [4.78, 5) is 13.7. The third-order valence-electron chi connectivity index (χ3n) is 5.72. The number of nitrogens with zero attached hydrogens (tertiary/aromatic N) is 4. The molecule has 1 aliphatic heterocycles. The fraction of sp³-hybridized carbons (Fsp3) is 0.583. The number of guanidine groups is 1. The highest BCUT2D eigenvalue weighted by molar-refractivity contribution is 14.0. The number of hydrogen-bond acceptors (Lipinski definition) is 5. The van der Waals surface area contributed by atoms with Gasteiger partial charge in [-0.15, -0.1) is 24.0 Å². The Balaban J connectivity index is 0.00000363. The number of aliphatic imine (C=N–C) groups is 1. The molecule has 0 radical (unpaired) electrons. The molecule has 1 saturated heterocycles. The number of nitrogens with one attached hydrogen (secondary N) is 2. The van der Waals surface area contributed by atoms with Gasteiger partial charge in [-0.1, -0.05) is 51.1 Å². The Morgan fingerprint density at radius 1 is 1.19 bits per heavy atom. The maximum Gasteiger partial charge on any atom is 0.213 e. The monoisotopic (exact) mass is 554 g/mol. The molecular weight excluding hydrogens is 515 g/mol. The first-order valence-corrected chi connectivity index (χ1v) is 11.2. The van der Waals surface area contributed by atoms with Crippen molar-refractivity contribution in [2.45, 2.75) is 45.2 Å². The van der Waals surface area contributed by atoms with E-state index in [1.165, 1.54) is 5.56 Å². The van der Waals surface area contributed by atoms with Gasteiger partial charge in [0, 0.05) is 51.2 Å². The van der Waals surface area contributed by atoms with Crippen LogP contribution in [0.15, 0.2) is 45.9 Å². The summed E-state index contributed by atoms with van der Waals surface area (Å²) in [5, 5.41) is 6.70. The van der Waals surface area contributed by atoms with Gasteiger partial charge >= 0.3 is 0 Å². The van der Waals surface area contributed by atoms with Gasteiger partial charge in [-0.2, -0.15) is 0 Å². The van der Waals surface area contributed by atoms with Crippen LogP contribution in [0.3, 0.4) is 0 Å². The van der Waals surface area contributed by atoms with E-state index >= 15 is 0 Å². The van der Waals surface area contributed by atoms with Crippen LogP contribution in [0.4, 0.5) is 0 Å². The lowest BCUT2D eigenvalue weighted by Crippen LogP contribution is -2.47. The van der Waals surface area contributed by atoms with Crippen molar-refractivity contribution in [3.8, 4) is 0 Å². The van der Waals surface area contributed by atoms with Crippen LogP contribution in [0, 0.1) is 0 Å². The van der Waals surface area contributed by atoms with Crippen LogP contribution in [-0.4, -0.2) is 67.6 Å². The van der Waals surface area contributed by atoms with Crippen molar-refractivity contribution in [3.63, 3.8) is 0 Å². The molecule has 178 valence electrons. The molecule has 1 aromatic heterocycles. The first kappa shape index (κ1) is 26.6. The van der Waals surface area contributed by atoms with E-state index in [9.17, 15) is 0 Å². The van der Waals surface area contributed by atoms with Gasteiger partial charge in [0.2, 0.25) is 5.89 Å². The number of benzene rings is 1. The first-order valence-electron chi connectivity index (χ1n) is 11.2. The molecule has 1 aliphatic rings. The summed E-state index contributed by atoms with van der Waals surface area (Å²) in [6.45, 7) is 12.1. The molecule has 32 heavy (non-hydrogen) atoms. The van der Waals surface area contributed by atoms with E-state index in [-0.39, 0.29) is 29.4 Å². The average Bonchev–Trinajstić information content (AvgIpc) is 3.24. The van der Waals surface area contributed by atoms with Crippen LogP contribution in [-0.2, 0) is 12.0 Å². The number of halogens is 1. The van der Waals surface area contributed by atoms with Gasteiger partial charge in [-0.25, -0.2) is 4.98 Å². The summed E-state index contributed by atoms with van der Waals surface area (Å²) in [7, 11) is 4.00. The van der Waals surface area contributed by atoms with Gasteiger partial charge in [0.25, 0.3) is 0 Å². The van der Waals surface area contributed by atoms with Crippen LogP contribution in [0.5, 0.6) is 0 Å². The highest BCUT2D eigenvalue weighted by atomic mass is 127. The molecule has 0 saturated carbocycles. The Morgan fingerprint density at radius 3 is 2.59 bits per heavy atom. The Hall–Kier alpha value is -1.65. The molecule has 1 aromatic carbocycles. The number of oxazole rings is 1. The molecule has 2 N–H and O–H groups in total. The molecule has 0 amide bonds. The lowest BCUT2D eigenvalue weighted by molar-refractivity contribution is 0.0891. The predicted octanol–water partition coefficient (Wildman–Crippen LogP) is 3.63. The molecule has 1 atom stereocenters. The van der Waals surface area contributed by atoms with Crippen molar-refractivity contribution in [3.05, 3.63) is 53.7 Å². The van der Waals surface area contributed by atoms with E-state index in [2.05, 4.69) is 88.6 Å². The van der Waals surface area contributed by atoms with Crippen LogP contribution in [0.2, 0.25) is 0 Å². The summed E-state index contributed by atoms with van der Waals surface area (Å²) in [6.07, 6.45) is 2.87. The number of aromatic nitrogens is 1. The highest BCUT2D eigenvalue weighted by Gasteiger charge is 2.26. The van der Waals surface area contributed by atoms with Crippen molar-refractivity contribution >= 4 is 29.9 Å². The zero-order valence-electron chi connectivity index (χ0n) is 20.1. The Morgan fingerprint density at radius 2 is 1.94 bits per heavy atom. The van der Waals surface area contributed by atoms with Crippen LogP contribution in [0.1, 0.15) is 50.4 Å². The molecule has 0 spiro atoms. The molecule has 1 fully saturated rings. The van der Waals surface area contributed by atoms with Gasteiger partial charge in [-0.05, 0) is 19.0 Å². The summed E-state index contributed by atoms with van der Waals surface area (Å²) in [5.41, 5.74) is 1.37. The van der Waals surface area contributed by atoms with Crippen molar-refractivity contribution in [2.24, 2.45) is 4.99 Å². The second-order valence-electron chi connectivity index (χ2n) is 9.30. The fourth-order valence-electron chi connectivity index (χ4n) is 3.82. The lowest BCUT2D eigenvalue weighted by Gasteiger charge is -2.40. The molecule has 8 heteroatoms. The molecule has 1 unspecified atom stereocenters.